The Morgan fingerprint density at radius 1 is 1.25 bits per heavy atom. The van der Waals surface area contributed by atoms with Crippen molar-refractivity contribution in [2.75, 3.05) is 11.9 Å². The van der Waals surface area contributed by atoms with E-state index in [4.69, 9.17) is 4.74 Å². The summed E-state index contributed by atoms with van der Waals surface area (Å²) in [6.07, 6.45) is 5.66. The van der Waals surface area contributed by atoms with Gasteiger partial charge < -0.3 is 15.4 Å². The lowest BCUT2D eigenvalue weighted by Gasteiger charge is -2.20. The normalized spacial score (nSPS) is 20.0. The summed E-state index contributed by atoms with van der Waals surface area (Å²) in [6, 6.07) is 7.66. The summed E-state index contributed by atoms with van der Waals surface area (Å²) in [5, 5.41) is 5.77. The van der Waals surface area contributed by atoms with Crippen molar-refractivity contribution in [3.8, 4) is 5.75 Å². The molecule has 1 aliphatic heterocycles. The molecule has 2 N–H and O–H groups in total. The number of carbonyl (C=O) groups is 1. The Morgan fingerprint density at radius 3 is 2.75 bits per heavy atom. The van der Waals surface area contributed by atoms with Crippen molar-refractivity contribution in [2.24, 2.45) is 0 Å². The van der Waals surface area contributed by atoms with Crippen molar-refractivity contribution < 1.29 is 9.53 Å². The minimum Gasteiger partial charge on any atom is -0.493 e. The fraction of sp³-hybridized carbons (Fsp3) is 0.389. The Kier molecular flexibility index (Phi) is 3.80. The number of hydrogen-bond acceptors (Lipinski definition) is 4. The summed E-state index contributed by atoms with van der Waals surface area (Å²) in [6.45, 7) is 2.57. The van der Waals surface area contributed by atoms with Crippen LogP contribution in [0.15, 0.2) is 36.7 Å². The molecule has 4 rings (SSSR count). The third-order valence-electron chi connectivity index (χ3n) is 4.57. The van der Waals surface area contributed by atoms with Gasteiger partial charge in [-0.25, -0.2) is 14.8 Å². The van der Waals surface area contributed by atoms with Gasteiger partial charge in [-0.15, -0.1) is 0 Å². The predicted octanol–water partition coefficient (Wildman–Crippen LogP) is 3.04. The first-order chi connectivity index (χ1) is 11.7. The molecule has 0 radical (unpaired) electrons. The molecule has 0 bridgehead atoms. The number of nitrogens with one attached hydrogen (secondary N) is 2. The molecule has 0 spiro atoms. The number of anilines is 1. The second-order valence-corrected chi connectivity index (χ2v) is 6.45. The van der Waals surface area contributed by atoms with Crippen molar-refractivity contribution in [3.63, 3.8) is 0 Å². The van der Waals surface area contributed by atoms with E-state index in [2.05, 4.69) is 20.6 Å². The van der Waals surface area contributed by atoms with Crippen LogP contribution >= 0.6 is 0 Å². The van der Waals surface area contributed by atoms with E-state index in [1.165, 1.54) is 0 Å². The maximum Gasteiger partial charge on any atom is 0.319 e. The predicted molar refractivity (Wildman–Crippen MR) is 90.3 cm³/mol. The lowest BCUT2D eigenvalue weighted by atomic mass is 9.94. The van der Waals surface area contributed by atoms with Crippen molar-refractivity contribution in [3.05, 3.63) is 48.0 Å². The molecule has 1 fully saturated rings. The molecule has 1 saturated carbocycles. The van der Waals surface area contributed by atoms with E-state index < -0.39 is 0 Å². The van der Waals surface area contributed by atoms with Crippen LogP contribution in [0.4, 0.5) is 10.5 Å². The Balaban J connectivity index is 1.35. The van der Waals surface area contributed by atoms with Crippen LogP contribution in [0.2, 0.25) is 0 Å². The number of para-hydroxylation sites is 1. The Labute approximate surface area is 140 Å². The first-order valence-corrected chi connectivity index (χ1v) is 8.32. The Morgan fingerprint density at radius 2 is 2.00 bits per heavy atom. The van der Waals surface area contributed by atoms with Crippen molar-refractivity contribution >= 4 is 11.7 Å². The Hall–Kier alpha value is -2.63. The molecule has 1 aromatic heterocycles. The summed E-state index contributed by atoms with van der Waals surface area (Å²) in [4.78, 5) is 20.8. The zero-order valence-electron chi connectivity index (χ0n) is 13.5. The topological polar surface area (TPSA) is 76.1 Å². The van der Waals surface area contributed by atoms with Crippen LogP contribution < -0.4 is 15.4 Å². The van der Waals surface area contributed by atoms with Crippen molar-refractivity contribution in [1.82, 2.24) is 15.3 Å². The van der Waals surface area contributed by atoms with Crippen LogP contribution in [-0.2, 0) is 0 Å². The van der Waals surface area contributed by atoms with E-state index in [0.29, 0.717) is 18.2 Å². The second kappa shape index (κ2) is 6.11. The van der Waals surface area contributed by atoms with E-state index in [1.807, 2.05) is 31.2 Å². The van der Waals surface area contributed by atoms with Crippen LogP contribution in [0.1, 0.15) is 43.0 Å². The highest BCUT2D eigenvalue weighted by atomic mass is 16.5. The monoisotopic (exact) mass is 324 g/mol. The average Bonchev–Trinajstić information content (AvgIpc) is 3.34. The minimum atomic E-state index is -0.255. The molecular weight excluding hydrogens is 304 g/mol. The molecule has 2 atom stereocenters. The van der Waals surface area contributed by atoms with Crippen LogP contribution in [0.3, 0.4) is 0 Å². The van der Waals surface area contributed by atoms with Crippen LogP contribution in [0.5, 0.6) is 5.75 Å². The van der Waals surface area contributed by atoms with Crippen molar-refractivity contribution in [2.45, 2.75) is 37.6 Å². The fourth-order valence-electron chi connectivity index (χ4n) is 3.03. The number of urea groups is 1. The van der Waals surface area contributed by atoms with Gasteiger partial charge in [0.05, 0.1) is 24.7 Å². The summed E-state index contributed by atoms with van der Waals surface area (Å²) in [7, 11) is 0. The fourth-order valence-corrected chi connectivity index (χ4v) is 3.03. The highest BCUT2D eigenvalue weighted by Crippen LogP contribution is 2.38. The average molecular weight is 324 g/mol. The number of nitrogens with zero attached hydrogens (tertiary/aromatic N) is 2. The largest absolute Gasteiger partial charge is 0.493 e. The number of rotatable bonds is 4. The molecule has 2 heterocycles. The highest BCUT2D eigenvalue weighted by Gasteiger charge is 2.29. The Bertz CT molecular complexity index is 743. The molecule has 1 aliphatic carbocycles. The van der Waals surface area contributed by atoms with Gasteiger partial charge in [0.15, 0.2) is 0 Å². The van der Waals surface area contributed by atoms with Gasteiger partial charge in [-0.3, -0.25) is 0 Å². The third-order valence-corrected chi connectivity index (χ3v) is 4.57. The maximum atomic E-state index is 12.2. The van der Waals surface area contributed by atoms with Crippen LogP contribution in [0.25, 0.3) is 0 Å². The molecule has 2 aliphatic rings. The molecule has 124 valence electrons. The van der Waals surface area contributed by atoms with Gasteiger partial charge in [0.2, 0.25) is 0 Å². The van der Waals surface area contributed by atoms with Gasteiger partial charge in [0, 0.05) is 23.4 Å². The van der Waals surface area contributed by atoms with Gasteiger partial charge in [0.1, 0.15) is 11.6 Å². The standard InChI is InChI=1S/C18H20N4O2/c1-11(15-10-24-16-5-3-2-4-14(15)16)21-18(23)22-13-8-19-17(20-9-13)12-6-7-12/h2-5,8-9,11-12,15H,6-7,10H2,1H3,(H2,21,22,23)/t11-,15-/m1/s1. The van der Waals surface area contributed by atoms with E-state index in [9.17, 15) is 4.79 Å². The van der Waals surface area contributed by atoms with Gasteiger partial charge in [-0.2, -0.15) is 0 Å². The second-order valence-electron chi connectivity index (χ2n) is 6.45. The van der Waals surface area contributed by atoms with Gasteiger partial charge >= 0.3 is 6.03 Å². The molecule has 0 saturated heterocycles. The van der Waals surface area contributed by atoms with Crippen molar-refractivity contribution in [1.29, 1.82) is 0 Å². The zero-order valence-corrected chi connectivity index (χ0v) is 13.5. The number of benzene rings is 1. The van der Waals surface area contributed by atoms with Crippen LogP contribution in [-0.4, -0.2) is 28.6 Å². The highest BCUT2D eigenvalue weighted by molar-refractivity contribution is 5.89. The number of ether oxygens (including phenoxy) is 1. The number of fused-ring (bicyclic) bond motifs is 1. The summed E-state index contributed by atoms with van der Waals surface area (Å²) >= 11 is 0. The van der Waals surface area contributed by atoms with E-state index in [1.54, 1.807) is 12.4 Å². The smallest absolute Gasteiger partial charge is 0.319 e. The summed E-state index contributed by atoms with van der Waals surface area (Å²) in [5.41, 5.74) is 1.74. The molecule has 1 aromatic carbocycles. The molecule has 6 heteroatoms. The molecular formula is C18H20N4O2. The lowest BCUT2D eigenvalue weighted by Crippen LogP contribution is -2.40. The molecule has 6 nitrogen and oxygen atoms in total. The van der Waals surface area contributed by atoms with Gasteiger partial charge in [0.25, 0.3) is 0 Å². The summed E-state index contributed by atoms with van der Waals surface area (Å²) in [5.74, 6) is 2.44. The number of amides is 2. The van der Waals surface area contributed by atoms with Gasteiger partial charge in [-0.05, 0) is 25.8 Å². The van der Waals surface area contributed by atoms with Gasteiger partial charge in [-0.1, -0.05) is 18.2 Å². The number of carbonyl (C=O) groups excluding carboxylic acids is 1. The van der Waals surface area contributed by atoms with E-state index in [-0.39, 0.29) is 18.0 Å². The quantitative estimate of drug-likeness (QED) is 0.906. The SMILES string of the molecule is C[C@@H](NC(=O)Nc1cnc(C2CC2)nc1)[C@H]1COc2ccccc21. The molecule has 24 heavy (non-hydrogen) atoms. The minimum absolute atomic E-state index is 0.0414. The first-order valence-electron chi connectivity index (χ1n) is 8.32. The zero-order chi connectivity index (χ0) is 16.5. The third kappa shape index (κ3) is 3.04. The lowest BCUT2D eigenvalue weighted by molar-refractivity contribution is 0.244. The summed E-state index contributed by atoms with van der Waals surface area (Å²) < 4.78 is 5.68. The maximum absolute atomic E-state index is 12.2. The van der Waals surface area contributed by atoms with Crippen LogP contribution in [0, 0.1) is 0 Å². The number of aromatic nitrogens is 2. The first kappa shape index (κ1) is 14.9. The number of hydrogen-bond donors (Lipinski definition) is 2. The molecule has 2 aromatic rings. The van der Waals surface area contributed by atoms with E-state index >= 15 is 0 Å². The molecule has 2 amide bonds. The van der Waals surface area contributed by atoms with E-state index in [0.717, 1.165) is 30.0 Å². The molecule has 0 unspecified atom stereocenters.